The van der Waals surface area contributed by atoms with E-state index < -0.39 is 11.9 Å². The van der Waals surface area contributed by atoms with Crippen LogP contribution in [0.1, 0.15) is 20.7 Å². The van der Waals surface area contributed by atoms with E-state index >= 15 is 0 Å². The molecule has 170 valence electrons. The maximum absolute atomic E-state index is 11.8. The fourth-order valence-electron chi connectivity index (χ4n) is 3.24. The number of primary amides is 1. The molecule has 0 unspecified atom stereocenters. The van der Waals surface area contributed by atoms with Crippen LogP contribution in [0.5, 0.6) is 11.5 Å². The molecule has 9 nitrogen and oxygen atoms in total. The van der Waals surface area contributed by atoms with E-state index in [1.807, 2.05) is 0 Å². The molecule has 3 aromatic carbocycles. The van der Waals surface area contributed by atoms with Gasteiger partial charge in [0.05, 0.1) is 25.3 Å². The Balaban J connectivity index is 1.85. The van der Waals surface area contributed by atoms with Gasteiger partial charge in [0.2, 0.25) is 5.91 Å². The third kappa shape index (κ3) is 4.53. The molecule has 4 aromatic rings. The van der Waals surface area contributed by atoms with E-state index in [0.717, 1.165) is 0 Å². The number of nitrogens with zero attached hydrogens (tertiary/aromatic N) is 3. The molecule has 0 aliphatic heterocycles. The van der Waals surface area contributed by atoms with Gasteiger partial charge in [-0.1, -0.05) is 24.3 Å². The quantitative estimate of drug-likeness (QED) is 0.421. The van der Waals surface area contributed by atoms with E-state index in [1.54, 1.807) is 60.7 Å². The minimum atomic E-state index is -0.544. The summed E-state index contributed by atoms with van der Waals surface area (Å²) in [6, 6.07) is 17.9. The SMILES string of the molecule is COC(=O)c1ccc(-c2nc(-c3ccc(C(N)=O)cc3)nc(-c3ccc(OC)cc3O)n2)cc1. The Morgan fingerprint density at radius 2 is 1.29 bits per heavy atom. The van der Waals surface area contributed by atoms with Crippen molar-refractivity contribution in [3.8, 4) is 45.7 Å². The third-order valence-electron chi connectivity index (χ3n) is 5.07. The number of ether oxygens (including phenoxy) is 2. The highest BCUT2D eigenvalue weighted by atomic mass is 16.5. The average molecular weight is 456 g/mol. The first kappa shape index (κ1) is 22.4. The Morgan fingerprint density at radius 1 is 0.765 bits per heavy atom. The first-order chi connectivity index (χ1) is 16.4. The number of amides is 1. The molecule has 3 N–H and O–H groups in total. The Labute approximate surface area is 194 Å². The highest BCUT2D eigenvalue weighted by Crippen LogP contribution is 2.32. The van der Waals surface area contributed by atoms with Crippen molar-refractivity contribution < 1.29 is 24.2 Å². The van der Waals surface area contributed by atoms with E-state index in [0.29, 0.717) is 45.2 Å². The van der Waals surface area contributed by atoms with Crippen LogP contribution in [0.3, 0.4) is 0 Å². The maximum atomic E-state index is 11.8. The first-order valence-electron chi connectivity index (χ1n) is 10.1. The van der Waals surface area contributed by atoms with Crippen LogP contribution in [0.4, 0.5) is 0 Å². The number of hydrogen-bond acceptors (Lipinski definition) is 8. The number of phenols is 1. The van der Waals surface area contributed by atoms with Gasteiger partial charge >= 0.3 is 5.97 Å². The number of phenolic OH excluding ortho intramolecular Hbond substituents is 1. The van der Waals surface area contributed by atoms with Crippen LogP contribution in [0, 0.1) is 0 Å². The van der Waals surface area contributed by atoms with Crippen LogP contribution >= 0.6 is 0 Å². The van der Waals surface area contributed by atoms with Gasteiger partial charge in [-0.3, -0.25) is 4.79 Å². The summed E-state index contributed by atoms with van der Waals surface area (Å²) < 4.78 is 9.90. The number of aromatic nitrogens is 3. The van der Waals surface area contributed by atoms with Gasteiger partial charge in [-0.05, 0) is 36.4 Å². The zero-order valence-corrected chi connectivity index (χ0v) is 18.4. The molecule has 0 atom stereocenters. The smallest absolute Gasteiger partial charge is 0.337 e. The minimum absolute atomic E-state index is 0.0624. The summed E-state index contributed by atoms with van der Waals surface area (Å²) in [7, 11) is 2.81. The zero-order valence-electron chi connectivity index (χ0n) is 18.4. The Hall–Kier alpha value is -4.79. The molecular formula is C25H20N4O5. The number of carbonyl (C=O) groups is 2. The van der Waals surface area contributed by atoms with Crippen molar-refractivity contribution in [1.82, 2.24) is 15.0 Å². The summed E-state index contributed by atoms with van der Waals surface area (Å²) >= 11 is 0. The fourth-order valence-corrected chi connectivity index (χ4v) is 3.24. The molecule has 1 amide bonds. The van der Waals surface area contributed by atoms with Crippen molar-refractivity contribution in [1.29, 1.82) is 0 Å². The van der Waals surface area contributed by atoms with Gasteiger partial charge in [-0.15, -0.1) is 0 Å². The second-order valence-corrected chi connectivity index (χ2v) is 7.20. The van der Waals surface area contributed by atoms with Crippen molar-refractivity contribution in [2.45, 2.75) is 0 Å². The standard InChI is InChI=1S/C25H20N4O5/c1-33-18-11-12-19(20(30)13-18)24-28-22(15-5-3-14(4-6-15)21(26)31)27-23(29-24)16-7-9-17(10-8-16)25(32)34-2/h3-13,30H,1-2H3,(H2,26,31). The zero-order chi connectivity index (χ0) is 24.2. The van der Waals surface area contributed by atoms with E-state index in [1.165, 1.54) is 20.3 Å². The van der Waals surface area contributed by atoms with Gasteiger partial charge in [0.25, 0.3) is 0 Å². The topological polar surface area (TPSA) is 138 Å². The molecular weight excluding hydrogens is 436 g/mol. The monoisotopic (exact) mass is 456 g/mol. The van der Waals surface area contributed by atoms with E-state index in [2.05, 4.69) is 15.0 Å². The molecule has 0 aliphatic rings. The predicted octanol–water partition coefficient (Wildman–Crippen LogP) is 3.47. The highest BCUT2D eigenvalue weighted by molar-refractivity contribution is 5.93. The molecule has 0 bridgehead atoms. The summed E-state index contributed by atoms with van der Waals surface area (Å²) in [5, 5.41) is 10.5. The van der Waals surface area contributed by atoms with Gasteiger partial charge in [-0.25, -0.2) is 19.7 Å². The third-order valence-corrected chi connectivity index (χ3v) is 5.07. The Bertz CT molecular complexity index is 1370. The number of hydrogen-bond donors (Lipinski definition) is 2. The summed E-state index contributed by atoms with van der Waals surface area (Å²) in [6.07, 6.45) is 0. The summed E-state index contributed by atoms with van der Waals surface area (Å²) in [5.41, 5.74) is 7.70. The lowest BCUT2D eigenvalue weighted by Crippen LogP contribution is -2.10. The molecule has 0 aliphatic carbocycles. The molecule has 4 rings (SSSR count). The van der Waals surface area contributed by atoms with Crippen molar-refractivity contribution >= 4 is 11.9 Å². The van der Waals surface area contributed by atoms with Crippen molar-refractivity contribution in [2.24, 2.45) is 5.73 Å². The van der Waals surface area contributed by atoms with Crippen LogP contribution in [0.2, 0.25) is 0 Å². The number of benzene rings is 3. The first-order valence-corrected chi connectivity index (χ1v) is 10.1. The maximum Gasteiger partial charge on any atom is 0.337 e. The van der Waals surface area contributed by atoms with Crippen LogP contribution in [-0.2, 0) is 4.74 Å². The molecule has 0 saturated carbocycles. The number of aromatic hydroxyl groups is 1. The molecule has 34 heavy (non-hydrogen) atoms. The lowest BCUT2D eigenvalue weighted by molar-refractivity contribution is 0.0600. The second-order valence-electron chi connectivity index (χ2n) is 7.20. The van der Waals surface area contributed by atoms with Crippen LogP contribution in [0.25, 0.3) is 34.2 Å². The Kier molecular flexibility index (Phi) is 6.18. The fraction of sp³-hybridized carbons (Fsp3) is 0.0800. The normalized spacial score (nSPS) is 10.5. The van der Waals surface area contributed by atoms with Crippen LogP contribution < -0.4 is 10.5 Å². The van der Waals surface area contributed by atoms with Crippen molar-refractivity contribution in [3.05, 3.63) is 77.9 Å². The molecule has 1 heterocycles. The van der Waals surface area contributed by atoms with Gasteiger partial charge in [0, 0.05) is 22.8 Å². The van der Waals surface area contributed by atoms with E-state index in [-0.39, 0.29) is 11.6 Å². The average Bonchev–Trinajstić information content (AvgIpc) is 2.88. The van der Waals surface area contributed by atoms with Crippen molar-refractivity contribution in [3.63, 3.8) is 0 Å². The summed E-state index contributed by atoms with van der Waals surface area (Å²) in [4.78, 5) is 36.8. The molecule has 0 fully saturated rings. The number of rotatable bonds is 6. The van der Waals surface area contributed by atoms with Gasteiger partial charge < -0.3 is 20.3 Å². The number of nitrogens with two attached hydrogens (primary N) is 1. The van der Waals surface area contributed by atoms with E-state index in [4.69, 9.17) is 15.2 Å². The summed E-state index contributed by atoms with van der Waals surface area (Å²) in [6.45, 7) is 0. The lowest BCUT2D eigenvalue weighted by atomic mass is 10.1. The highest BCUT2D eigenvalue weighted by Gasteiger charge is 2.16. The van der Waals surface area contributed by atoms with Gasteiger partial charge in [0.15, 0.2) is 17.5 Å². The molecule has 0 spiro atoms. The van der Waals surface area contributed by atoms with Crippen LogP contribution in [0.15, 0.2) is 66.7 Å². The second kappa shape index (κ2) is 9.37. The largest absolute Gasteiger partial charge is 0.507 e. The van der Waals surface area contributed by atoms with E-state index in [9.17, 15) is 14.7 Å². The number of esters is 1. The van der Waals surface area contributed by atoms with Gasteiger partial charge in [0.1, 0.15) is 11.5 Å². The lowest BCUT2D eigenvalue weighted by Gasteiger charge is -2.10. The summed E-state index contributed by atoms with van der Waals surface area (Å²) in [5.74, 6) is 0.299. The van der Waals surface area contributed by atoms with Gasteiger partial charge in [-0.2, -0.15) is 0 Å². The number of carbonyl (C=O) groups excluding carboxylic acids is 2. The molecule has 9 heteroatoms. The van der Waals surface area contributed by atoms with Crippen LogP contribution in [-0.4, -0.2) is 46.2 Å². The molecule has 0 radical (unpaired) electrons. The molecule has 1 aromatic heterocycles. The Morgan fingerprint density at radius 3 is 1.76 bits per heavy atom. The minimum Gasteiger partial charge on any atom is -0.507 e. The molecule has 0 saturated heterocycles. The predicted molar refractivity (Wildman–Crippen MR) is 124 cm³/mol. The van der Waals surface area contributed by atoms with Crippen molar-refractivity contribution in [2.75, 3.05) is 14.2 Å². The number of methoxy groups -OCH3 is 2.